The lowest BCUT2D eigenvalue weighted by Gasteiger charge is -2.06. The van der Waals surface area contributed by atoms with E-state index in [2.05, 4.69) is 0 Å². The van der Waals surface area contributed by atoms with Crippen molar-refractivity contribution in [2.75, 3.05) is 0 Å². The summed E-state index contributed by atoms with van der Waals surface area (Å²) < 4.78 is 13.3. The number of carbonyl (C=O) groups is 1. The Hall–Kier alpha value is -2.41. The minimum Gasteiger partial charge on any atom is -0.478 e. The Morgan fingerprint density at radius 2 is 2.00 bits per heavy atom. The maximum atomic E-state index is 13.3. The summed E-state index contributed by atoms with van der Waals surface area (Å²) in [7, 11) is 0. The highest BCUT2D eigenvalue weighted by atomic mass is 32.2. The Kier molecular flexibility index (Phi) is 4.54. The van der Waals surface area contributed by atoms with Crippen molar-refractivity contribution in [1.29, 1.82) is 0 Å². The molecule has 0 aliphatic heterocycles. The van der Waals surface area contributed by atoms with Gasteiger partial charge in [0.2, 0.25) is 0 Å². The lowest BCUT2D eigenvalue weighted by molar-refractivity contribution is -0.385. The highest BCUT2D eigenvalue weighted by Gasteiger charge is 2.12. The van der Waals surface area contributed by atoms with Gasteiger partial charge < -0.3 is 5.11 Å². The van der Waals surface area contributed by atoms with Crippen LogP contribution in [0.4, 0.5) is 10.1 Å². The molecule has 0 atom stereocenters. The molecule has 2 aromatic carbocycles. The lowest BCUT2D eigenvalue weighted by atomic mass is 10.2. The summed E-state index contributed by atoms with van der Waals surface area (Å²) in [6.45, 7) is 0. The quantitative estimate of drug-likeness (QED) is 0.517. The number of nitrogens with zero attached hydrogens (tertiary/aromatic N) is 1. The molecule has 0 amide bonds. The minimum absolute atomic E-state index is 0.147. The first-order valence-corrected chi connectivity index (χ1v) is 6.85. The van der Waals surface area contributed by atoms with Crippen LogP contribution in [0, 0.1) is 15.9 Å². The van der Waals surface area contributed by atoms with Gasteiger partial charge in [-0.2, -0.15) is 0 Å². The van der Waals surface area contributed by atoms with Gasteiger partial charge in [0.05, 0.1) is 16.6 Å². The molecule has 1 N–H and O–H groups in total. The molecule has 0 aromatic heterocycles. The highest BCUT2D eigenvalue weighted by molar-refractivity contribution is 7.98. The zero-order valence-electron chi connectivity index (χ0n) is 10.7. The molecular weight excluding hydrogens is 297 g/mol. The van der Waals surface area contributed by atoms with Crippen LogP contribution in [0.1, 0.15) is 15.9 Å². The fourth-order valence-corrected chi connectivity index (χ4v) is 2.73. The summed E-state index contributed by atoms with van der Waals surface area (Å²) in [6, 6.07) is 9.74. The number of hydrogen-bond acceptors (Lipinski definition) is 4. The summed E-state index contributed by atoms with van der Waals surface area (Å²) in [5.74, 6) is -1.50. The van der Waals surface area contributed by atoms with Crippen LogP contribution in [0.3, 0.4) is 0 Å². The molecule has 2 rings (SSSR count). The van der Waals surface area contributed by atoms with Gasteiger partial charge in [-0.15, -0.1) is 11.8 Å². The number of hydrogen-bond donors (Lipinski definition) is 1. The van der Waals surface area contributed by atoms with Crippen LogP contribution >= 0.6 is 11.8 Å². The third kappa shape index (κ3) is 3.79. The number of carboxylic acids is 1. The second kappa shape index (κ2) is 6.36. The molecule has 7 heteroatoms. The number of nitro benzene ring substituents is 1. The van der Waals surface area contributed by atoms with Crippen molar-refractivity contribution in [3.63, 3.8) is 0 Å². The molecule has 21 heavy (non-hydrogen) atoms. The van der Waals surface area contributed by atoms with Crippen LogP contribution in [-0.2, 0) is 5.75 Å². The third-order valence-corrected chi connectivity index (χ3v) is 3.81. The molecule has 0 bridgehead atoms. The fraction of sp³-hybridized carbons (Fsp3) is 0.0714. The second-order valence-corrected chi connectivity index (χ2v) is 5.18. The molecule has 0 radical (unpaired) electrons. The van der Waals surface area contributed by atoms with Crippen molar-refractivity contribution in [2.45, 2.75) is 10.6 Å². The first kappa shape index (κ1) is 15.0. The Morgan fingerprint density at radius 3 is 2.67 bits per heavy atom. The summed E-state index contributed by atoms with van der Waals surface area (Å²) >= 11 is 1.19. The average Bonchev–Trinajstić information content (AvgIpc) is 2.44. The van der Waals surface area contributed by atoms with E-state index in [4.69, 9.17) is 5.11 Å². The normalized spacial score (nSPS) is 10.3. The maximum Gasteiger partial charge on any atom is 0.336 e. The van der Waals surface area contributed by atoms with Gasteiger partial charge in [-0.25, -0.2) is 9.18 Å². The summed E-state index contributed by atoms with van der Waals surface area (Å²) in [6.07, 6.45) is 0. The number of aromatic carboxylic acids is 1. The number of non-ortho nitro benzene ring substituents is 1. The van der Waals surface area contributed by atoms with Gasteiger partial charge >= 0.3 is 5.97 Å². The van der Waals surface area contributed by atoms with Gasteiger partial charge in [-0.3, -0.25) is 10.1 Å². The molecule has 108 valence electrons. The van der Waals surface area contributed by atoms with E-state index >= 15 is 0 Å². The monoisotopic (exact) mass is 307 g/mol. The summed E-state index contributed by atoms with van der Waals surface area (Å²) in [5, 5.41) is 19.7. The van der Waals surface area contributed by atoms with Crippen LogP contribution in [0.2, 0.25) is 0 Å². The van der Waals surface area contributed by atoms with E-state index < -0.39 is 16.7 Å². The van der Waals surface area contributed by atoms with Crippen LogP contribution in [0.5, 0.6) is 0 Å². The van der Waals surface area contributed by atoms with E-state index in [1.165, 1.54) is 30.0 Å². The van der Waals surface area contributed by atoms with E-state index in [1.807, 2.05) is 0 Å². The number of carboxylic acid groups (broad SMARTS) is 1. The zero-order valence-corrected chi connectivity index (χ0v) is 11.5. The number of nitro groups is 1. The SMILES string of the molecule is O=C(O)c1ccccc1SCc1cc(F)cc([N+](=O)[O-])c1. The molecular formula is C14H10FNO4S. The third-order valence-electron chi connectivity index (χ3n) is 2.66. The van der Waals surface area contributed by atoms with Gasteiger partial charge in [0.25, 0.3) is 5.69 Å². The smallest absolute Gasteiger partial charge is 0.336 e. The second-order valence-electron chi connectivity index (χ2n) is 4.16. The van der Waals surface area contributed by atoms with E-state index in [1.54, 1.807) is 18.2 Å². The largest absolute Gasteiger partial charge is 0.478 e. The standard InChI is InChI=1S/C14H10FNO4S/c15-10-5-9(6-11(7-10)16(19)20)8-21-13-4-2-1-3-12(13)14(17)18/h1-7H,8H2,(H,17,18). The lowest BCUT2D eigenvalue weighted by Crippen LogP contribution is -1.98. The summed E-state index contributed by atoms with van der Waals surface area (Å²) in [4.78, 5) is 21.6. The molecule has 0 unspecified atom stereocenters. The minimum atomic E-state index is -1.05. The first-order valence-electron chi connectivity index (χ1n) is 5.86. The van der Waals surface area contributed by atoms with Crippen molar-refractivity contribution in [3.8, 4) is 0 Å². The topological polar surface area (TPSA) is 80.4 Å². The molecule has 0 saturated heterocycles. The average molecular weight is 307 g/mol. The molecule has 2 aromatic rings. The first-order chi connectivity index (χ1) is 9.97. The number of benzene rings is 2. The highest BCUT2D eigenvalue weighted by Crippen LogP contribution is 2.28. The van der Waals surface area contributed by atoms with Crippen LogP contribution in [0.25, 0.3) is 0 Å². The van der Waals surface area contributed by atoms with Gasteiger partial charge in [-0.1, -0.05) is 12.1 Å². The van der Waals surface area contributed by atoms with Crippen molar-refractivity contribution in [3.05, 3.63) is 69.5 Å². The fourth-order valence-electron chi connectivity index (χ4n) is 1.75. The molecule has 5 nitrogen and oxygen atoms in total. The number of rotatable bonds is 5. The Bertz CT molecular complexity index is 705. The van der Waals surface area contributed by atoms with E-state index in [0.717, 1.165) is 6.07 Å². The molecule has 0 aliphatic carbocycles. The predicted molar refractivity (Wildman–Crippen MR) is 76.0 cm³/mol. The van der Waals surface area contributed by atoms with Gasteiger partial charge in [0, 0.05) is 16.7 Å². The Balaban J connectivity index is 2.21. The molecule has 0 spiro atoms. The molecule has 0 heterocycles. The van der Waals surface area contributed by atoms with Crippen molar-refractivity contribution in [1.82, 2.24) is 0 Å². The molecule has 0 aliphatic rings. The van der Waals surface area contributed by atoms with Crippen LogP contribution in [0.15, 0.2) is 47.4 Å². The van der Waals surface area contributed by atoms with Crippen LogP contribution in [-0.4, -0.2) is 16.0 Å². The molecule has 0 saturated carbocycles. The van der Waals surface area contributed by atoms with Crippen molar-refractivity contribution in [2.24, 2.45) is 0 Å². The van der Waals surface area contributed by atoms with Gasteiger partial charge in [-0.05, 0) is 23.8 Å². The van der Waals surface area contributed by atoms with Crippen molar-refractivity contribution < 1.29 is 19.2 Å². The Morgan fingerprint density at radius 1 is 1.29 bits per heavy atom. The Labute approximate surface area is 123 Å². The summed E-state index contributed by atoms with van der Waals surface area (Å²) in [5.41, 5.74) is 0.248. The van der Waals surface area contributed by atoms with E-state index in [0.29, 0.717) is 10.5 Å². The van der Waals surface area contributed by atoms with E-state index in [9.17, 15) is 19.3 Å². The van der Waals surface area contributed by atoms with Gasteiger partial charge in [0.15, 0.2) is 0 Å². The number of thioether (sulfide) groups is 1. The number of halogens is 1. The zero-order chi connectivity index (χ0) is 15.4. The van der Waals surface area contributed by atoms with Gasteiger partial charge in [0.1, 0.15) is 5.82 Å². The van der Waals surface area contributed by atoms with Crippen molar-refractivity contribution >= 4 is 23.4 Å². The predicted octanol–water partition coefficient (Wildman–Crippen LogP) is 3.72. The van der Waals surface area contributed by atoms with Crippen LogP contribution < -0.4 is 0 Å². The molecule has 0 fully saturated rings. The maximum absolute atomic E-state index is 13.3. The van der Waals surface area contributed by atoms with E-state index in [-0.39, 0.29) is 17.0 Å².